The lowest BCUT2D eigenvalue weighted by atomic mass is 9.89. The quantitative estimate of drug-likeness (QED) is 0.667. The van der Waals surface area contributed by atoms with E-state index in [-0.39, 0.29) is 11.8 Å². The summed E-state index contributed by atoms with van der Waals surface area (Å²) in [5.41, 5.74) is 1.98. The van der Waals surface area contributed by atoms with Gasteiger partial charge in [0, 0.05) is 37.7 Å². The summed E-state index contributed by atoms with van der Waals surface area (Å²) >= 11 is 0. The number of nitrogens with zero attached hydrogens (tertiary/aromatic N) is 4. The highest BCUT2D eigenvalue weighted by molar-refractivity contribution is 6.09. The molecule has 0 N–H and O–H groups in total. The van der Waals surface area contributed by atoms with E-state index in [9.17, 15) is 4.79 Å². The molecule has 1 atom stereocenters. The number of amides is 1. The van der Waals surface area contributed by atoms with Gasteiger partial charge < -0.3 is 9.64 Å². The van der Waals surface area contributed by atoms with Gasteiger partial charge in [0.1, 0.15) is 11.9 Å². The second kappa shape index (κ2) is 9.41. The lowest BCUT2D eigenvalue weighted by Gasteiger charge is -2.41. The molecule has 1 saturated heterocycles. The Balaban J connectivity index is 1.27. The molecule has 5 rings (SSSR count). The molecule has 0 spiro atoms. The van der Waals surface area contributed by atoms with Gasteiger partial charge in [-0.15, -0.1) is 0 Å². The summed E-state index contributed by atoms with van der Waals surface area (Å²) < 4.78 is 6.30. The predicted molar refractivity (Wildman–Crippen MR) is 126 cm³/mol. The number of rotatable bonds is 6. The van der Waals surface area contributed by atoms with Crippen LogP contribution < -0.4 is 9.75 Å². The van der Waals surface area contributed by atoms with Gasteiger partial charge in [-0.1, -0.05) is 19.4 Å². The van der Waals surface area contributed by atoms with E-state index >= 15 is 0 Å². The number of hydrogen-bond donors (Lipinski definition) is 0. The molecule has 1 aromatic heterocycles. The van der Waals surface area contributed by atoms with Crippen LogP contribution in [0, 0.1) is 5.92 Å². The van der Waals surface area contributed by atoms with Gasteiger partial charge in [0.15, 0.2) is 5.82 Å². The third-order valence-electron chi connectivity index (χ3n) is 7.13. The van der Waals surface area contributed by atoms with E-state index in [1.54, 1.807) is 6.20 Å². The Labute approximate surface area is 190 Å². The topological polar surface area (TPSA) is 58.0 Å². The number of aromatic nitrogens is 1. The minimum atomic E-state index is -0.00695. The molecule has 1 unspecified atom stereocenters. The number of hydrogen-bond acceptors (Lipinski definition) is 5. The van der Waals surface area contributed by atoms with Crippen molar-refractivity contribution < 1.29 is 9.53 Å². The Kier molecular flexibility index (Phi) is 6.21. The number of hydrazone groups is 1. The first-order valence-corrected chi connectivity index (χ1v) is 12.0. The van der Waals surface area contributed by atoms with E-state index < -0.39 is 0 Å². The third kappa shape index (κ3) is 4.42. The Morgan fingerprint density at radius 2 is 1.81 bits per heavy atom. The maximum Gasteiger partial charge on any atom is 0.249 e. The molecule has 1 aromatic carbocycles. The number of ether oxygens (including phenoxy) is 1. The predicted octanol–water partition coefficient (Wildman–Crippen LogP) is 4.64. The third-order valence-corrected chi connectivity index (χ3v) is 7.13. The molecule has 1 aliphatic carbocycles. The van der Waals surface area contributed by atoms with Crippen LogP contribution in [0.5, 0.6) is 5.75 Å². The minimum Gasteiger partial charge on any atom is -0.490 e. The van der Waals surface area contributed by atoms with Gasteiger partial charge in [-0.05, 0) is 74.1 Å². The lowest BCUT2D eigenvalue weighted by molar-refractivity contribution is -0.119. The largest absolute Gasteiger partial charge is 0.490 e. The van der Waals surface area contributed by atoms with Crippen molar-refractivity contribution >= 4 is 17.4 Å². The summed E-state index contributed by atoms with van der Waals surface area (Å²) in [4.78, 5) is 19.6. The van der Waals surface area contributed by atoms with E-state index in [2.05, 4.69) is 28.9 Å². The normalized spacial score (nSPS) is 23.0. The zero-order valence-corrected chi connectivity index (χ0v) is 18.8. The fraction of sp³-hybridized carbons (Fsp3) is 0.500. The zero-order valence-electron chi connectivity index (χ0n) is 18.8. The molecule has 32 heavy (non-hydrogen) atoms. The summed E-state index contributed by atoms with van der Waals surface area (Å²) in [5.74, 6) is 1.59. The number of pyridine rings is 1. The van der Waals surface area contributed by atoms with E-state index in [0.29, 0.717) is 18.3 Å². The zero-order chi connectivity index (χ0) is 21.9. The molecule has 6 nitrogen and oxygen atoms in total. The van der Waals surface area contributed by atoms with E-state index in [0.717, 1.165) is 55.4 Å². The van der Waals surface area contributed by atoms with Gasteiger partial charge in [0.05, 0.1) is 5.71 Å². The highest BCUT2D eigenvalue weighted by Gasteiger charge is 2.31. The fourth-order valence-electron chi connectivity index (χ4n) is 4.94. The summed E-state index contributed by atoms with van der Waals surface area (Å²) in [5, 5.41) is 6.18. The average Bonchev–Trinajstić information content (AvgIpc) is 2.80. The second-order valence-corrected chi connectivity index (χ2v) is 9.15. The maximum absolute atomic E-state index is 12.7. The number of likely N-dealkylation sites (tertiary alicyclic amines) is 1. The second-order valence-electron chi connectivity index (χ2n) is 9.15. The van der Waals surface area contributed by atoms with Crippen molar-refractivity contribution in [3.05, 3.63) is 54.2 Å². The van der Waals surface area contributed by atoms with Crippen LogP contribution in [0.1, 0.15) is 57.4 Å². The standard InChI is InChI=1S/C26H32N4O2/c1-2-19-18-25(31)30(24-8-3-4-15-27-24)28-26(19)20-9-11-22(12-10-20)32-23-13-16-29(17-14-23)21-6-5-7-21/h3-4,8-12,15,19,21,23H,2,5-7,13-14,16-18H2,1H3. The van der Waals surface area contributed by atoms with Crippen molar-refractivity contribution in [2.45, 2.75) is 64.0 Å². The van der Waals surface area contributed by atoms with Gasteiger partial charge in [-0.3, -0.25) is 4.79 Å². The molecule has 168 valence electrons. The van der Waals surface area contributed by atoms with Crippen molar-refractivity contribution in [1.29, 1.82) is 0 Å². The van der Waals surface area contributed by atoms with Crippen LogP contribution in [0.4, 0.5) is 5.82 Å². The first-order valence-electron chi connectivity index (χ1n) is 12.0. The molecule has 6 heteroatoms. The summed E-state index contributed by atoms with van der Waals surface area (Å²) in [7, 11) is 0. The van der Waals surface area contributed by atoms with Crippen LogP contribution in [0.2, 0.25) is 0 Å². The van der Waals surface area contributed by atoms with Crippen LogP contribution in [0.25, 0.3) is 0 Å². The van der Waals surface area contributed by atoms with Crippen LogP contribution in [-0.4, -0.2) is 46.7 Å². The molecule has 1 amide bonds. The van der Waals surface area contributed by atoms with Crippen LogP contribution in [0.3, 0.4) is 0 Å². The Bertz CT molecular complexity index is 948. The smallest absolute Gasteiger partial charge is 0.249 e. The molecular weight excluding hydrogens is 400 g/mol. The summed E-state index contributed by atoms with van der Waals surface area (Å²) in [6.07, 6.45) is 9.65. The van der Waals surface area contributed by atoms with E-state index in [1.807, 2.05) is 30.3 Å². The van der Waals surface area contributed by atoms with Crippen molar-refractivity contribution in [3.8, 4) is 5.75 Å². The highest BCUT2D eigenvalue weighted by atomic mass is 16.5. The van der Waals surface area contributed by atoms with Gasteiger partial charge >= 0.3 is 0 Å². The first kappa shape index (κ1) is 21.1. The van der Waals surface area contributed by atoms with E-state index in [1.165, 1.54) is 24.3 Å². The monoisotopic (exact) mass is 432 g/mol. The van der Waals surface area contributed by atoms with Crippen molar-refractivity contribution in [2.75, 3.05) is 18.1 Å². The van der Waals surface area contributed by atoms with Gasteiger partial charge in [0.2, 0.25) is 5.91 Å². The molecule has 2 fully saturated rings. The van der Waals surface area contributed by atoms with Crippen LogP contribution in [-0.2, 0) is 4.79 Å². The molecule has 1 saturated carbocycles. The molecule has 3 heterocycles. The maximum atomic E-state index is 12.7. The molecule has 0 radical (unpaired) electrons. The van der Waals surface area contributed by atoms with Crippen LogP contribution >= 0.6 is 0 Å². The molecule has 0 bridgehead atoms. The molecule has 2 aromatic rings. The summed E-state index contributed by atoms with van der Waals surface area (Å²) in [6, 6.07) is 14.6. The number of piperidine rings is 1. The molecular formula is C26H32N4O2. The fourth-order valence-corrected chi connectivity index (χ4v) is 4.94. The van der Waals surface area contributed by atoms with Crippen molar-refractivity contribution in [3.63, 3.8) is 0 Å². The van der Waals surface area contributed by atoms with Gasteiger partial charge in [0.25, 0.3) is 0 Å². The molecule has 3 aliphatic rings. The van der Waals surface area contributed by atoms with E-state index in [4.69, 9.17) is 9.84 Å². The SMILES string of the molecule is CCC1CC(=O)N(c2ccccn2)N=C1c1ccc(OC2CCN(C3CCC3)CC2)cc1. The summed E-state index contributed by atoms with van der Waals surface area (Å²) in [6.45, 7) is 4.41. The molecule has 2 aliphatic heterocycles. The number of carbonyl (C=O) groups is 1. The van der Waals surface area contributed by atoms with Crippen molar-refractivity contribution in [1.82, 2.24) is 9.88 Å². The first-order chi connectivity index (χ1) is 15.7. The Hall–Kier alpha value is -2.73. The number of benzene rings is 1. The average molecular weight is 433 g/mol. The lowest BCUT2D eigenvalue weighted by Crippen LogP contribution is -2.46. The van der Waals surface area contributed by atoms with Crippen molar-refractivity contribution in [2.24, 2.45) is 11.0 Å². The van der Waals surface area contributed by atoms with Crippen LogP contribution in [0.15, 0.2) is 53.8 Å². The minimum absolute atomic E-state index is 0.00695. The van der Waals surface area contributed by atoms with Gasteiger partial charge in [-0.2, -0.15) is 10.1 Å². The Morgan fingerprint density at radius 1 is 1.03 bits per heavy atom. The Morgan fingerprint density at radius 3 is 2.44 bits per heavy atom. The number of carbonyl (C=O) groups excluding carboxylic acids is 1. The van der Waals surface area contributed by atoms with Gasteiger partial charge in [-0.25, -0.2) is 4.98 Å². The number of anilines is 1. The highest BCUT2D eigenvalue weighted by Crippen LogP contribution is 2.30.